The van der Waals surface area contributed by atoms with Crippen molar-refractivity contribution in [2.75, 3.05) is 0 Å². The van der Waals surface area contributed by atoms with Crippen LogP contribution in [0.4, 0.5) is 0 Å². The van der Waals surface area contributed by atoms with Crippen molar-refractivity contribution in [3.05, 3.63) is 89.5 Å². The monoisotopic (exact) mass is 379 g/mol. The Hall–Kier alpha value is -2.96. The molecule has 0 spiro atoms. The smallest absolute Gasteiger partial charge is 0.370 e. The highest BCUT2D eigenvalue weighted by Crippen LogP contribution is 2.39. The summed E-state index contributed by atoms with van der Waals surface area (Å²) in [6.45, 7) is 1.77. The standard InChI is InChI=1S/C21H17NO4S/c1-14-18-8-5-9-19(21(18)26-27(24,25)22-14)15-10-12-17(13-11-15)20(23)16-6-3-2-4-7-16/h2-14,22H,1H3. The first-order valence-corrected chi connectivity index (χ1v) is 9.90. The zero-order chi connectivity index (χ0) is 19.0. The van der Waals surface area contributed by atoms with Gasteiger partial charge in [-0.3, -0.25) is 4.79 Å². The van der Waals surface area contributed by atoms with Gasteiger partial charge in [-0.25, -0.2) is 0 Å². The second kappa shape index (κ2) is 6.64. The minimum atomic E-state index is -3.84. The Morgan fingerprint density at radius 2 is 1.56 bits per heavy atom. The molecule has 1 heterocycles. The van der Waals surface area contributed by atoms with Crippen LogP contribution in [-0.2, 0) is 10.3 Å². The lowest BCUT2D eigenvalue weighted by atomic mass is 9.96. The zero-order valence-corrected chi connectivity index (χ0v) is 15.4. The number of carbonyl (C=O) groups excluding carboxylic acids is 1. The van der Waals surface area contributed by atoms with E-state index in [0.29, 0.717) is 22.4 Å². The molecule has 3 aromatic carbocycles. The summed E-state index contributed by atoms with van der Waals surface area (Å²) in [6.07, 6.45) is 0. The number of ketones is 1. The molecule has 1 aliphatic heterocycles. The Morgan fingerprint density at radius 1 is 0.889 bits per heavy atom. The van der Waals surface area contributed by atoms with Gasteiger partial charge in [0.05, 0.1) is 6.04 Å². The van der Waals surface area contributed by atoms with Crippen LogP contribution in [0.15, 0.2) is 72.8 Å². The van der Waals surface area contributed by atoms with Crippen LogP contribution in [0.1, 0.15) is 34.5 Å². The summed E-state index contributed by atoms with van der Waals surface area (Å²) in [7, 11) is -3.84. The van der Waals surface area contributed by atoms with E-state index in [9.17, 15) is 13.2 Å². The predicted octanol–water partition coefficient (Wildman–Crippen LogP) is 3.87. The molecule has 6 heteroatoms. The first-order valence-electron chi connectivity index (χ1n) is 8.49. The fraction of sp³-hybridized carbons (Fsp3) is 0.0952. The molecule has 0 bridgehead atoms. The third kappa shape index (κ3) is 3.37. The Kier molecular flexibility index (Phi) is 4.30. The van der Waals surface area contributed by atoms with Crippen LogP contribution in [0.3, 0.4) is 0 Å². The van der Waals surface area contributed by atoms with Crippen molar-refractivity contribution in [3.8, 4) is 16.9 Å². The van der Waals surface area contributed by atoms with Gasteiger partial charge < -0.3 is 4.18 Å². The molecule has 3 aromatic rings. The summed E-state index contributed by atoms with van der Waals surface area (Å²) in [5.41, 5.74) is 3.41. The molecule has 27 heavy (non-hydrogen) atoms. The summed E-state index contributed by atoms with van der Waals surface area (Å²) in [5.74, 6) is 0.264. The van der Waals surface area contributed by atoms with Crippen LogP contribution in [0.25, 0.3) is 11.1 Å². The molecule has 1 atom stereocenters. The maximum Gasteiger partial charge on any atom is 0.383 e. The highest BCUT2D eigenvalue weighted by Gasteiger charge is 2.29. The lowest BCUT2D eigenvalue weighted by Gasteiger charge is -2.25. The first kappa shape index (κ1) is 17.5. The van der Waals surface area contributed by atoms with E-state index in [4.69, 9.17) is 4.18 Å². The predicted molar refractivity (Wildman–Crippen MR) is 103 cm³/mol. The zero-order valence-electron chi connectivity index (χ0n) is 14.5. The van der Waals surface area contributed by atoms with Gasteiger partial charge in [0, 0.05) is 22.3 Å². The Morgan fingerprint density at radius 3 is 2.26 bits per heavy atom. The van der Waals surface area contributed by atoms with Gasteiger partial charge in [-0.2, -0.15) is 13.1 Å². The lowest BCUT2D eigenvalue weighted by Crippen LogP contribution is -2.35. The van der Waals surface area contributed by atoms with Gasteiger partial charge in [0.15, 0.2) is 11.5 Å². The Balaban J connectivity index is 1.72. The van der Waals surface area contributed by atoms with Gasteiger partial charge in [0.1, 0.15) is 0 Å². The molecule has 0 saturated carbocycles. The maximum atomic E-state index is 12.5. The van der Waals surface area contributed by atoms with Crippen molar-refractivity contribution in [1.82, 2.24) is 4.72 Å². The molecule has 136 valence electrons. The summed E-state index contributed by atoms with van der Waals surface area (Å²) in [4.78, 5) is 12.5. The molecule has 0 aliphatic carbocycles. The second-order valence-electron chi connectivity index (χ2n) is 6.37. The molecule has 0 fully saturated rings. The van der Waals surface area contributed by atoms with Gasteiger partial charge in [0.25, 0.3) is 0 Å². The first-order chi connectivity index (χ1) is 12.9. The fourth-order valence-corrected chi connectivity index (χ4v) is 4.20. The van der Waals surface area contributed by atoms with Gasteiger partial charge in [-0.1, -0.05) is 72.8 Å². The van der Waals surface area contributed by atoms with E-state index in [1.807, 2.05) is 30.3 Å². The quantitative estimate of drug-likeness (QED) is 0.701. The van der Waals surface area contributed by atoms with Gasteiger partial charge in [-0.15, -0.1) is 0 Å². The molecule has 0 aromatic heterocycles. The molecule has 0 saturated heterocycles. The second-order valence-corrected chi connectivity index (χ2v) is 7.68. The average molecular weight is 379 g/mol. The lowest BCUT2D eigenvalue weighted by molar-refractivity contribution is 0.103. The van der Waals surface area contributed by atoms with Crippen LogP contribution in [0.5, 0.6) is 5.75 Å². The number of rotatable bonds is 3. The van der Waals surface area contributed by atoms with E-state index in [1.54, 1.807) is 49.4 Å². The third-order valence-corrected chi connectivity index (χ3v) is 5.55. The summed E-state index contributed by atoms with van der Waals surface area (Å²) in [5, 5.41) is 0. The van der Waals surface area contributed by atoms with E-state index < -0.39 is 10.3 Å². The Labute approximate surface area is 157 Å². The van der Waals surface area contributed by atoms with Crippen LogP contribution in [0.2, 0.25) is 0 Å². The van der Waals surface area contributed by atoms with Crippen molar-refractivity contribution in [1.29, 1.82) is 0 Å². The number of fused-ring (bicyclic) bond motifs is 1. The molecule has 1 unspecified atom stereocenters. The van der Waals surface area contributed by atoms with Gasteiger partial charge in [-0.05, 0) is 12.5 Å². The molecule has 0 amide bonds. The van der Waals surface area contributed by atoms with Crippen LogP contribution in [0, 0.1) is 0 Å². The topological polar surface area (TPSA) is 72.5 Å². The number of carbonyl (C=O) groups is 1. The third-order valence-electron chi connectivity index (χ3n) is 4.52. The number of hydrogen-bond acceptors (Lipinski definition) is 4. The molecular weight excluding hydrogens is 362 g/mol. The normalized spacial score (nSPS) is 17.6. The van der Waals surface area contributed by atoms with E-state index in [1.165, 1.54) is 0 Å². The highest BCUT2D eigenvalue weighted by molar-refractivity contribution is 7.85. The van der Waals surface area contributed by atoms with E-state index >= 15 is 0 Å². The van der Waals surface area contributed by atoms with Gasteiger partial charge in [0.2, 0.25) is 0 Å². The van der Waals surface area contributed by atoms with Crippen molar-refractivity contribution < 1.29 is 17.4 Å². The number of para-hydroxylation sites is 1. The highest BCUT2D eigenvalue weighted by atomic mass is 32.2. The van der Waals surface area contributed by atoms with Crippen molar-refractivity contribution in [2.45, 2.75) is 13.0 Å². The number of hydrogen-bond donors (Lipinski definition) is 1. The summed E-state index contributed by atoms with van der Waals surface area (Å²) < 4.78 is 31.5. The SMILES string of the molecule is CC1NS(=O)(=O)Oc2c(-c3ccc(C(=O)c4ccccc4)cc3)cccc21. The van der Waals surface area contributed by atoms with Crippen molar-refractivity contribution in [2.24, 2.45) is 0 Å². The van der Waals surface area contributed by atoms with E-state index in [2.05, 4.69) is 4.72 Å². The molecule has 0 radical (unpaired) electrons. The van der Waals surface area contributed by atoms with E-state index in [0.717, 1.165) is 11.1 Å². The van der Waals surface area contributed by atoms with E-state index in [-0.39, 0.29) is 11.8 Å². The van der Waals surface area contributed by atoms with Crippen molar-refractivity contribution >= 4 is 16.1 Å². The number of nitrogens with one attached hydrogen (secondary N) is 1. The minimum absolute atomic E-state index is 0.0612. The van der Waals surface area contributed by atoms with Crippen molar-refractivity contribution in [3.63, 3.8) is 0 Å². The molecule has 4 rings (SSSR count). The largest absolute Gasteiger partial charge is 0.383 e. The fourth-order valence-electron chi connectivity index (χ4n) is 3.19. The molecule has 1 aliphatic rings. The van der Waals surface area contributed by atoms with Crippen LogP contribution in [-0.4, -0.2) is 14.2 Å². The number of benzene rings is 3. The summed E-state index contributed by atoms with van der Waals surface area (Å²) in [6, 6.07) is 21.3. The average Bonchev–Trinajstić information content (AvgIpc) is 2.67. The molecular formula is C21H17NO4S. The summed E-state index contributed by atoms with van der Waals surface area (Å²) >= 11 is 0. The van der Waals surface area contributed by atoms with Crippen LogP contribution < -0.4 is 8.91 Å². The maximum absolute atomic E-state index is 12.5. The van der Waals surface area contributed by atoms with Gasteiger partial charge >= 0.3 is 10.3 Å². The molecule has 1 N–H and O–H groups in total. The molecule has 5 nitrogen and oxygen atoms in total. The Bertz CT molecular complexity index is 1110. The van der Waals surface area contributed by atoms with Crippen LogP contribution >= 0.6 is 0 Å². The minimum Gasteiger partial charge on any atom is -0.370 e.